The lowest BCUT2D eigenvalue weighted by molar-refractivity contribution is -0.387. The smallest absolute Gasteiger partial charge is 0.283 e. The number of carbonyl (C=O) groups is 1. The molecule has 3 aromatic carbocycles. The number of benzene rings is 3. The predicted molar refractivity (Wildman–Crippen MR) is 147 cm³/mol. The Bertz CT molecular complexity index is 1640. The van der Waals surface area contributed by atoms with Gasteiger partial charge in [-0.1, -0.05) is 73.3 Å². The van der Waals surface area contributed by atoms with Crippen molar-refractivity contribution in [2.75, 3.05) is 5.32 Å². The summed E-state index contributed by atoms with van der Waals surface area (Å²) in [5.41, 5.74) is 4.30. The molecule has 2 heterocycles. The summed E-state index contributed by atoms with van der Waals surface area (Å²) in [7, 11) is 0. The number of nitro benzene ring substituents is 1. The van der Waals surface area contributed by atoms with E-state index >= 15 is 0 Å². The highest BCUT2D eigenvalue weighted by atomic mass is 32.2. The molecule has 7 nitrogen and oxygen atoms in total. The van der Waals surface area contributed by atoms with Gasteiger partial charge in [0.05, 0.1) is 15.9 Å². The standard InChI is InChI=1S/C28H24N4O3S2/c1-15-30-31-27(36-15)37-23-11-9-17(12-21(23)32(34)35)26-25-19(13-28(2,3)14-22(25)33)24-18-7-5-4-6-16(18)8-10-20(24)29-26/h4-12,26,29H,13-14H2,1-3H3/t26-/m0/s1. The van der Waals surface area contributed by atoms with Crippen LogP contribution < -0.4 is 5.32 Å². The Hall–Kier alpha value is -3.56. The number of aromatic nitrogens is 2. The second-order valence-electron chi connectivity index (χ2n) is 10.3. The Labute approximate surface area is 222 Å². The summed E-state index contributed by atoms with van der Waals surface area (Å²) in [4.78, 5) is 25.9. The van der Waals surface area contributed by atoms with Crippen LogP contribution in [-0.4, -0.2) is 20.9 Å². The molecule has 6 rings (SSSR count). The Morgan fingerprint density at radius 2 is 1.92 bits per heavy atom. The third-order valence-electron chi connectivity index (χ3n) is 6.96. The summed E-state index contributed by atoms with van der Waals surface area (Å²) in [6, 6.07) is 17.1. The molecule has 0 saturated heterocycles. The number of ketones is 1. The molecule has 4 aromatic rings. The number of allylic oxidation sites excluding steroid dienone is 1. The third-order valence-corrected chi connectivity index (χ3v) is 8.91. The number of nitrogens with zero attached hydrogens (tertiary/aromatic N) is 3. The van der Waals surface area contributed by atoms with Gasteiger partial charge in [0.15, 0.2) is 10.1 Å². The number of nitro groups is 1. The molecule has 1 atom stereocenters. The molecule has 0 saturated carbocycles. The number of anilines is 1. The van der Waals surface area contributed by atoms with Crippen molar-refractivity contribution in [1.82, 2.24) is 10.2 Å². The molecule has 0 amide bonds. The highest BCUT2D eigenvalue weighted by Gasteiger charge is 2.41. The van der Waals surface area contributed by atoms with Crippen LogP contribution in [0.2, 0.25) is 0 Å². The second-order valence-corrected chi connectivity index (χ2v) is 12.8. The van der Waals surface area contributed by atoms with Crippen molar-refractivity contribution in [1.29, 1.82) is 0 Å². The van der Waals surface area contributed by atoms with Crippen LogP contribution in [0.3, 0.4) is 0 Å². The molecule has 0 bridgehead atoms. The Balaban J connectivity index is 1.51. The minimum Gasteiger partial charge on any atom is -0.373 e. The Morgan fingerprint density at radius 3 is 2.68 bits per heavy atom. The number of carbonyl (C=O) groups excluding carboxylic acids is 1. The van der Waals surface area contributed by atoms with Gasteiger partial charge in [-0.3, -0.25) is 14.9 Å². The lowest BCUT2D eigenvalue weighted by Crippen LogP contribution is -2.33. The second kappa shape index (κ2) is 8.78. The van der Waals surface area contributed by atoms with Crippen molar-refractivity contribution in [2.24, 2.45) is 5.41 Å². The van der Waals surface area contributed by atoms with E-state index in [0.29, 0.717) is 21.2 Å². The molecular formula is C28H24N4O3S2. The molecule has 0 fully saturated rings. The van der Waals surface area contributed by atoms with Crippen LogP contribution >= 0.6 is 23.1 Å². The first-order valence-electron chi connectivity index (χ1n) is 12.0. The fourth-order valence-corrected chi connectivity index (χ4v) is 7.30. The zero-order valence-electron chi connectivity index (χ0n) is 20.6. The molecule has 0 radical (unpaired) electrons. The summed E-state index contributed by atoms with van der Waals surface area (Å²) >= 11 is 2.63. The first-order valence-corrected chi connectivity index (χ1v) is 13.6. The van der Waals surface area contributed by atoms with Gasteiger partial charge >= 0.3 is 0 Å². The molecule has 0 spiro atoms. The highest BCUT2D eigenvalue weighted by molar-refractivity contribution is 8.01. The van der Waals surface area contributed by atoms with E-state index in [9.17, 15) is 14.9 Å². The van der Waals surface area contributed by atoms with Crippen LogP contribution in [0.15, 0.2) is 69.4 Å². The lowest BCUT2D eigenvalue weighted by Gasteiger charge is -2.40. The maximum Gasteiger partial charge on any atom is 0.283 e. The van der Waals surface area contributed by atoms with Crippen molar-refractivity contribution in [3.05, 3.63) is 86.4 Å². The SMILES string of the molecule is Cc1nnc(Sc2ccc([C@@H]3Nc4ccc5ccccc5c4C4=C3C(=O)CC(C)(C)C4)cc2[N+](=O)[O-])s1. The van der Waals surface area contributed by atoms with Gasteiger partial charge in [0.25, 0.3) is 5.69 Å². The van der Waals surface area contributed by atoms with Gasteiger partial charge in [-0.05, 0) is 52.8 Å². The van der Waals surface area contributed by atoms with Gasteiger partial charge in [0.1, 0.15) is 5.01 Å². The third kappa shape index (κ3) is 4.22. The van der Waals surface area contributed by atoms with Crippen molar-refractivity contribution >= 4 is 56.6 Å². The molecule has 37 heavy (non-hydrogen) atoms. The Kier molecular flexibility index (Phi) is 5.65. The summed E-state index contributed by atoms with van der Waals surface area (Å²) in [5, 5.41) is 26.8. The minimum absolute atomic E-state index is 0.00722. The minimum atomic E-state index is -0.464. The summed E-state index contributed by atoms with van der Waals surface area (Å²) < 4.78 is 0.652. The number of fused-ring (bicyclic) bond motifs is 4. The van der Waals surface area contributed by atoms with Gasteiger partial charge < -0.3 is 5.32 Å². The number of hydrogen-bond acceptors (Lipinski definition) is 8. The summed E-state index contributed by atoms with van der Waals surface area (Å²) in [6.07, 6.45) is 1.20. The molecule has 2 aliphatic rings. The molecule has 1 N–H and O–H groups in total. The summed E-state index contributed by atoms with van der Waals surface area (Å²) in [5.74, 6) is 0.0905. The Morgan fingerprint density at radius 1 is 1.11 bits per heavy atom. The van der Waals surface area contributed by atoms with Crippen molar-refractivity contribution in [3.8, 4) is 0 Å². The van der Waals surface area contributed by atoms with E-state index in [-0.39, 0.29) is 21.8 Å². The average molecular weight is 529 g/mol. The van der Waals surface area contributed by atoms with Crippen LogP contribution in [0.1, 0.15) is 48.9 Å². The average Bonchev–Trinajstić information content (AvgIpc) is 3.26. The first kappa shape index (κ1) is 23.8. The van der Waals surface area contributed by atoms with Crippen LogP contribution in [0.5, 0.6) is 0 Å². The van der Waals surface area contributed by atoms with Gasteiger partial charge in [-0.15, -0.1) is 10.2 Å². The maximum atomic E-state index is 13.7. The van der Waals surface area contributed by atoms with E-state index in [1.165, 1.54) is 23.1 Å². The van der Waals surface area contributed by atoms with E-state index in [1.807, 2.05) is 25.1 Å². The molecule has 1 aromatic heterocycles. The lowest BCUT2D eigenvalue weighted by atomic mass is 9.68. The maximum absolute atomic E-state index is 13.7. The van der Waals surface area contributed by atoms with E-state index in [4.69, 9.17) is 0 Å². The fraction of sp³-hybridized carbons (Fsp3) is 0.250. The number of aryl methyl sites for hydroxylation is 1. The highest BCUT2D eigenvalue weighted by Crippen LogP contribution is 2.52. The topological polar surface area (TPSA) is 98.0 Å². The predicted octanol–water partition coefficient (Wildman–Crippen LogP) is 7.37. The molecule has 0 unspecified atom stereocenters. The van der Waals surface area contributed by atoms with Crippen molar-refractivity contribution in [3.63, 3.8) is 0 Å². The van der Waals surface area contributed by atoms with Gasteiger partial charge in [0.2, 0.25) is 0 Å². The quantitative estimate of drug-likeness (QED) is 0.218. The molecular weight excluding hydrogens is 504 g/mol. The zero-order valence-corrected chi connectivity index (χ0v) is 22.2. The largest absolute Gasteiger partial charge is 0.373 e. The first-order chi connectivity index (χ1) is 17.7. The molecule has 9 heteroatoms. The number of nitrogens with one attached hydrogen (secondary N) is 1. The fourth-order valence-electron chi connectivity index (χ4n) is 5.44. The van der Waals surface area contributed by atoms with Crippen LogP contribution in [-0.2, 0) is 4.79 Å². The normalized spacial score (nSPS) is 18.4. The van der Waals surface area contributed by atoms with Crippen LogP contribution in [0, 0.1) is 22.5 Å². The van der Waals surface area contributed by atoms with Crippen LogP contribution in [0.25, 0.3) is 16.3 Å². The van der Waals surface area contributed by atoms with E-state index < -0.39 is 6.04 Å². The zero-order chi connectivity index (χ0) is 25.9. The number of hydrogen-bond donors (Lipinski definition) is 1. The van der Waals surface area contributed by atoms with Crippen molar-refractivity contribution < 1.29 is 9.72 Å². The van der Waals surface area contributed by atoms with Crippen molar-refractivity contribution in [2.45, 2.75) is 48.9 Å². The molecule has 1 aliphatic carbocycles. The van der Waals surface area contributed by atoms with Crippen LogP contribution in [0.4, 0.5) is 11.4 Å². The van der Waals surface area contributed by atoms with E-state index in [2.05, 4.69) is 53.6 Å². The number of Topliss-reactive ketones (excluding diaryl/α,β-unsaturated/α-hetero) is 1. The molecule has 1 aliphatic heterocycles. The van der Waals surface area contributed by atoms with E-state index in [0.717, 1.165) is 44.6 Å². The monoisotopic (exact) mass is 528 g/mol. The summed E-state index contributed by atoms with van der Waals surface area (Å²) in [6.45, 7) is 6.11. The van der Waals surface area contributed by atoms with Gasteiger partial charge in [0, 0.05) is 29.3 Å². The molecule has 186 valence electrons. The van der Waals surface area contributed by atoms with E-state index in [1.54, 1.807) is 12.1 Å². The van der Waals surface area contributed by atoms with Gasteiger partial charge in [-0.2, -0.15) is 0 Å². The van der Waals surface area contributed by atoms with Gasteiger partial charge in [-0.25, -0.2) is 0 Å². The number of rotatable bonds is 4.